The van der Waals surface area contributed by atoms with E-state index < -0.39 is 11.9 Å². The molecule has 1 heterocycles. The van der Waals surface area contributed by atoms with Crippen LogP contribution in [0.15, 0.2) is 10.6 Å². The summed E-state index contributed by atoms with van der Waals surface area (Å²) in [5.74, 6) is -0.934. The van der Waals surface area contributed by atoms with E-state index in [1.165, 1.54) is 18.1 Å². The van der Waals surface area contributed by atoms with Crippen molar-refractivity contribution < 1.29 is 24.0 Å². The highest BCUT2D eigenvalue weighted by Crippen LogP contribution is 2.09. The van der Waals surface area contributed by atoms with Gasteiger partial charge in [-0.25, -0.2) is 0 Å². The molecule has 0 bridgehead atoms. The standard InChI is InChI=1S/C12H18N2O5/c1-8(2)5-14(6-11(15)16)12(17)10-4-9(7-18-3)19-13-10/h4,8H,5-7H2,1-3H3,(H,15,16). The van der Waals surface area contributed by atoms with Crippen LogP contribution < -0.4 is 0 Å². The molecule has 0 saturated heterocycles. The number of hydrogen-bond donors (Lipinski definition) is 1. The molecular weight excluding hydrogens is 252 g/mol. The lowest BCUT2D eigenvalue weighted by Gasteiger charge is -2.21. The maximum absolute atomic E-state index is 12.1. The Morgan fingerprint density at radius 2 is 2.21 bits per heavy atom. The first-order valence-electron chi connectivity index (χ1n) is 5.89. The third-order valence-electron chi connectivity index (χ3n) is 2.26. The molecule has 1 amide bonds. The summed E-state index contributed by atoms with van der Waals surface area (Å²) < 4.78 is 9.77. The Balaban J connectivity index is 2.81. The zero-order chi connectivity index (χ0) is 14.4. The van der Waals surface area contributed by atoms with Crippen LogP contribution in [-0.4, -0.2) is 47.2 Å². The van der Waals surface area contributed by atoms with Crippen LogP contribution in [0.4, 0.5) is 0 Å². The fourth-order valence-corrected chi connectivity index (χ4v) is 1.61. The Morgan fingerprint density at radius 3 is 2.74 bits per heavy atom. The van der Waals surface area contributed by atoms with E-state index in [0.29, 0.717) is 12.3 Å². The minimum absolute atomic E-state index is 0.0916. The topological polar surface area (TPSA) is 92.9 Å². The van der Waals surface area contributed by atoms with E-state index in [4.69, 9.17) is 14.4 Å². The number of nitrogens with zero attached hydrogens (tertiary/aromatic N) is 2. The number of rotatable bonds is 7. The number of carbonyl (C=O) groups is 2. The molecule has 7 nitrogen and oxygen atoms in total. The highest BCUT2D eigenvalue weighted by atomic mass is 16.5. The molecule has 0 spiro atoms. The molecular formula is C12H18N2O5. The maximum Gasteiger partial charge on any atom is 0.323 e. The molecule has 1 aromatic heterocycles. The minimum atomic E-state index is -1.06. The van der Waals surface area contributed by atoms with Gasteiger partial charge in [-0.2, -0.15) is 0 Å². The molecule has 19 heavy (non-hydrogen) atoms. The number of aliphatic carboxylic acids is 1. The number of carbonyl (C=O) groups excluding carboxylic acids is 1. The second-order valence-electron chi connectivity index (χ2n) is 4.58. The number of carboxylic acid groups (broad SMARTS) is 1. The zero-order valence-electron chi connectivity index (χ0n) is 11.3. The van der Waals surface area contributed by atoms with Gasteiger partial charge in [-0.05, 0) is 5.92 Å². The molecule has 0 atom stereocenters. The summed E-state index contributed by atoms with van der Waals surface area (Å²) in [7, 11) is 1.50. The molecule has 0 aromatic carbocycles. The Morgan fingerprint density at radius 1 is 1.53 bits per heavy atom. The quantitative estimate of drug-likeness (QED) is 0.794. The van der Waals surface area contributed by atoms with Gasteiger partial charge in [0, 0.05) is 19.7 Å². The average molecular weight is 270 g/mol. The van der Waals surface area contributed by atoms with E-state index >= 15 is 0 Å². The van der Waals surface area contributed by atoms with E-state index in [2.05, 4.69) is 5.16 Å². The van der Waals surface area contributed by atoms with Crippen molar-refractivity contribution in [1.82, 2.24) is 10.1 Å². The van der Waals surface area contributed by atoms with E-state index in [1.807, 2.05) is 13.8 Å². The lowest BCUT2D eigenvalue weighted by Crippen LogP contribution is -2.38. The molecule has 1 aromatic rings. The smallest absolute Gasteiger partial charge is 0.323 e. The van der Waals surface area contributed by atoms with Crippen LogP contribution in [0.1, 0.15) is 30.1 Å². The van der Waals surface area contributed by atoms with Crippen LogP contribution in [0.25, 0.3) is 0 Å². The van der Waals surface area contributed by atoms with E-state index in [0.717, 1.165) is 0 Å². The Kier molecular flexibility index (Phi) is 5.50. The van der Waals surface area contributed by atoms with E-state index in [-0.39, 0.29) is 24.8 Å². The SMILES string of the molecule is COCc1cc(C(=O)N(CC(=O)O)CC(C)C)no1. The highest BCUT2D eigenvalue weighted by molar-refractivity contribution is 5.94. The number of methoxy groups -OCH3 is 1. The summed E-state index contributed by atoms with van der Waals surface area (Å²) in [6.45, 7) is 4.01. The summed E-state index contributed by atoms with van der Waals surface area (Å²) in [4.78, 5) is 24.1. The van der Waals surface area contributed by atoms with Crippen molar-refractivity contribution in [1.29, 1.82) is 0 Å². The second kappa shape index (κ2) is 6.89. The van der Waals surface area contributed by atoms with Crippen molar-refractivity contribution in [3.63, 3.8) is 0 Å². The van der Waals surface area contributed by atoms with E-state index in [1.54, 1.807) is 0 Å². The molecule has 0 radical (unpaired) electrons. The van der Waals surface area contributed by atoms with Gasteiger partial charge >= 0.3 is 5.97 Å². The molecule has 0 aliphatic carbocycles. The van der Waals surface area contributed by atoms with Gasteiger partial charge in [0.25, 0.3) is 5.91 Å². The van der Waals surface area contributed by atoms with Gasteiger partial charge in [0.1, 0.15) is 13.2 Å². The highest BCUT2D eigenvalue weighted by Gasteiger charge is 2.22. The predicted molar refractivity (Wildman–Crippen MR) is 65.6 cm³/mol. The average Bonchev–Trinajstić information content (AvgIpc) is 2.75. The Labute approximate surface area is 111 Å². The lowest BCUT2D eigenvalue weighted by molar-refractivity contribution is -0.137. The molecule has 7 heteroatoms. The third-order valence-corrected chi connectivity index (χ3v) is 2.26. The van der Waals surface area contributed by atoms with Crippen molar-refractivity contribution in [3.8, 4) is 0 Å². The monoisotopic (exact) mass is 270 g/mol. The van der Waals surface area contributed by atoms with E-state index in [9.17, 15) is 9.59 Å². The Bertz CT molecular complexity index is 441. The van der Waals surface area contributed by atoms with Gasteiger partial charge < -0.3 is 19.3 Å². The van der Waals surface area contributed by atoms with Crippen LogP contribution in [-0.2, 0) is 16.1 Å². The number of hydrogen-bond acceptors (Lipinski definition) is 5. The first-order chi connectivity index (χ1) is 8.93. The van der Waals surface area contributed by atoms with Crippen molar-refractivity contribution in [3.05, 3.63) is 17.5 Å². The number of carboxylic acids is 1. The summed E-state index contributed by atoms with van der Waals surface area (Å²) in [6.07, 6.45) is 0. The minimum Gasteiger partial charge on any atom is -0.480 e. The number of ether oxygens (including phenoxy) is 1. The number of aromatic nitrogens is 1. The van der Waals surface area contributed by atoms with Crippen molar-refractivity contribution in [2.75, 3.05) is 20.2 Å². The summed E-state index contributed by atoms with van der Waals surface area (Å²) >= 11 is 0. The van der Waals surface area contributed by atoms with Crippen LogP contribution in [0.5, 0.6) is 0 Å². The van der Waals surface area contributed by atoms with Crippen molar-refractivity contribution >= 4 is 11.9 Å². The third kappa shape index (κ3) is 4.70. The first-order valence-corrected chi connectivity index (χ1v) is 5.89. The number of amides is 1. The second-order valence-corrected chi connectivity index (χ2v) is 4.58. The predicted octanol–water partition coefficient (Wildman–Crippen LogP) is 1.00. The van der Waals surface area contributed by atoms with Crippen molar-refractivity contribution in [2.45, 2.75) is 20.5 Å². The summed E-state index contributed by atoms with van der Waals surface area (Å²) in [5.41, 5.74) is 0.0916. The van der Waals surface area contributed by atoms with Gasteiger partial charge in [0.05, 0.1) is 0 Å². The molecule has 0 aliphatic heterocycles. The molecule has 0 saturated carbocycles. The molecule has 0 aliphatic rings. The summed E-state index contributed by atoms with van der Waals surface area (Å²) in [5, 5.41) is 12.5. The lowest BCUT2D eigenvalue weighted by atomic mass is 10.2. The van der Waals surface area contributed by atoms with Crippen LogP contribution in [0.3, 0.4) is 0 Å². The Hall–Kier alpha value is -1.89. The van der Waals surface area contributed by atoms with Gasteiger partial charge in [-0.1, -0.05) is 19.0 Å². The van der Waals surface area contributed by atoms with Gasteiger partial charge in [0.2, 0.25) is 0 Å². The van der Waals surface area contributed by atoms with Gasteiger partial charge in [0.15, 0.2) is 11.5 Å². The molecule has 1 rings (SSSR count). The van der Waals surface area contributed by atoms with Gasteiger partial charge in [-0.15, -0.1) is 0 Å². The summed E-state index contributed by atoms with van der Waals surface area (Å²) in [6, 6.07) is 1.46. The zero-order valence-corrected chi connectivity index (χ0v) is 11.3. The maximum atomic E-state index is 12.1. The van der Waals surface area contributed by atoms with Crippen LogP contribution in [0, 0.1) is 5.92 Å². The van der Waals surface area contributed by atoms with Crippen molar-refractivity contribution in [2.24, 2.45) is 5.92 Å². The molecule has 0 unspecified atom stereocenters. The molecule has 106 valence electrons. The normalized spacial score (nSPS) is 10.7. The van der Waals surface area contributed by atoms with Gasteiger partial charge in [-0.3, -0.25) is 9.59 Å². The largest absolute Gasteiger partial charge is 0.480 e. The first kappa shape index (κ1) is 15.2. The molecule has 0 fully saturated rings. The molecule has 1 N–H and O–H groups in total. The fraction of sp³-hybridized carbons (Fsp3) is 0.583. The van der Waals surface area contributed by atoms with Crippen LogP contribution >= 0.6 is 0 Å². The van der Waals surface area contributed by atoms with Crippen LogP contribution in [0.2, 0.25) is 0 Å². The fourth-order valence-electron chi connectivity index (χ4n) is 1.61.